The summed E-state index contributed by atoms with van der Waals surface area (Å²) in [5.74, 6) is -0.890. The summed E-state index contributed by atoms with van der Waals surface area (Å²) in [5.41, 5.74) is 0.189. The molecule has 1 aliphatic heterocycles. The van der Waals surface area contributed by atoms with E-state index >= 15 is 0 Å². The van der Waals surface area contributed by atoms with Crippen LogP contribution in [-0.4, -0.2) is 24.5 Å². The van der Waals surface area contributed by atoms with Crippen molar-refractivity contribution >= 4 is 17.5 Å². The first-order valence-electron chi connectivity index (χ1n) is 6.08. The Balaban J connectivity index is 2.09. The highest BCUT2D eigenvalue weighted by atomic mass is 35.5. The lowest BCUT2D eigenvalue weighted by Crippen LogP contribution is -2.51. The highest BCUT2D eigenvalue weighted by molar-refractivity contribution is 6.34. The van der Waals surface area contributed by atoms with Crippen molar-refractivity contribution in [1.82, 2.24) is 10.6 Å². The van der Waals surface area contributed by atoms with Gasteiger partial charge in [0.25, 0.3) is 5.91 Å². The molecule has 1 saturated heterocycles. The Labute approximate surface area is 111 Å². The van der Waals surface area contributed by atoms with E-state index in [9.17, 15) is 9.18 Å². The molecule has 0 saturated carbocycles. The fraction of sp³-hybridized carbons (Fsp3) is 0.462. The molecule has 18 heavy (non-hydrogen) atoms. The van der Waals surface area contributed by atoms with Gasteiger partial charge in [-0.25, -0.2) is 4.39 Å². The SMILES string of the molecule is CC1NCCCC1NC(=O)c1cccc(F)c1Cl. The fourth-order valence-electron chi connectivity index (χ4n) is 2.17. The van der Waals surface area contributed by atoms with Crippen molar-refractivity contribution in [3.8, 4) is 0 Å². The number of benzene rings is 1. The van der Waals surface area contributed by atoms with E-state index in [1.807, 2.05) is 6.92 Å². The molecule has 3 nitrogen and oxygen atoms in total. The van der Waals surface area contributed by atoms with E-state index in [1.165, 1.54) is 18.2 Å². The van der Waals surface area contributed by atoms with Crippen LogP contribution < -0.4 is 10.6 Å². The number of hydrogen-bond donors (Lipinski definition) is 2. The highest BCUT2D eigenvalue weighted by Crippen LogP contribution is 2.20. The standard InChI is InChI=1S/C13H16ClFN2O/c1-8-11(6-3-7-16-8)17-13(18)9-4-2-5-10(15)12(9)14/h2,4-5,8,11,16H,3,6-7H2,1H3,(H,17,18). The summed E-state index contributed by atoms with van der Waals surface area (Å²) in [7, 11) is 0. The highest BCUT2D eigenvalue weighted by Gasteiger charge is 2.24. The Morgan fingerprint density at radius 1 is 1.56 bits per heavy atom. The van der Waals surface area contributed by atoms with E-state index in [2.05, 4.69) is 10.6 Å². The first-order chi connectivity index (χ1) is 8.59. The topological polar surface area (TPSA) is 41.1 Å². The molecule has 98 valence electrons. The molecule has 1 aromatic rings. The second kappa shape index (κ2) is 5.67. The smallest absolute Gasteiger partial charge is 0.253 e. The van der Waals surface area contributed by atoms with Crippen molar-refractivity contribution in [3.05, 3.63) is 34.6 Å². The van der Waals surface area contributed by atoms with Gasteiger partial charge in [0.1, 0.15) is 5.82 Å². The summed E-state index contributed by atoms with van der Waals surface area (Å²) >= 11 is 5.79. The van der Waals surface area contributed by atoms with Gasteiger partial charge < -0.3 is 10.6 Å². The third-order valence-corrected chi connectivity index (χ3v) is 3.66. The molecular weight excluding hydrogens is 255 g/mol. The lowest BCUT2D eigenvalue weighted by Gasteiger charge is -2.30. The summed E-state index contributed by atoms with van der Waals surface area (Å²) < 4.78 is 13.3. The average molecular weight is 271 g/mol. The van der Waals surface area contributed by atoms with Crippen molar-refractivity contribution in [2.75, 3.05) is 6.54 Å². The van der Waals surface area contributed by atoms with Crippen molar-refractivity contribution in [2.24, 2.45) is 0 Å². The average Bonchev–Trinajstić information content (AvgIpc) is 2.35. The number of rotatable bonds is 2. The summed E-state index contributed by atoms with van der Waals surface area (Å²) in [5, 5.41) is 6.07. The Morgan fingerprint density at radius 2 is 2.33 bits per heavy atom. The van der Waals surface area contributed by atoms with Crippen LogP contribution in [0.15, 0.2) is 18.2 Å². The maximum atomic E-state index is 13.3. The molecule has 0 bridgehead atoms. The molecule has 1 fully saturated rings. The van der Waals surface area contributed by atoms with Crippen molar-refractivity contribution in [2.45, 2.75) is 31.8 Å². The first-order valence-corrected chi connectivity index (χ1v) is 6.45. The van der Waals surface area contributed by atoms with Crippen LogP contribution in [0.5, 0.6) is 0 Å². The number of carbonyl (C=O) groups is 1. The van der Waals surface area contributed by atoms with E-state index in [1.54, 1.807) is 0 Å². The van der Waals surface area contributed by atoms with Gasteiger partial charge in [0.15, 0.2) is 0 Å². The molecule has 0 spiro atoms. The van der Waals surface area contributed by atoms with E-state index in [-0.39, 0.29) is 28.6 Å². The number of hydrogen-bond acceptors (Lipinski definition) is 2. The Morgan fingerprint density at radius 3 is 3.06 bits per heavy atom. The van der Waals surface area contributed by atoms with Gasteiger partial charge in [0.2, 0.25) is 0 Å². The molecule has 0 aromatic heterocycles. The van der Waals surface area contributed by atoms with Gasteiger partial charge in [-0.05, 0) is 38.4 Å². The predicted octanol–water partition coefficient (Wildman–Crippen LogP) is 2.35. The molecule has 5 heteroatoms. The summed E-state index contributed by atoms with van der Waals surface area (Å²) in [6.07, 6.45) is 1.94. The molecule has 1 heterocycles. The Bertz CT molecular complexity index is 453. The van der Waals surface area contributed by atoms with Crippen LogP contribution in [0, 0.1) is 5.82 Å². The third kappa shape index (κ3) is 2.82. The van der Waals surface area contributed by atoms with Gasteiger partial charge in [0, 0.05) is 12.1 Å². The molecule has 0 aliphatic carbocycles. The van der Waals surface area contributed by atoms with Crippen molar-refractivity contribution < 1.29 is 9.18 Å². The third-order valence-electron chi connectivity index (χ3n) is 3.27. The zero-order chi connectivity index (χ0) is 13.1. The summed E-state index contributed by atoms with van der Waals surface area (Å²) in [6.45, 7) is 2.99. The second-order valence-electron chi connectivity index (χ2n) is 4.57. The lowest BCUT2D eigenvalue weighted by atomic mass is 9.99. The van der Waals surface area contributed by atoms with Gasteiger partial charge in [-0.2, -0.15) is 0 Å². The van der Waals surface area contributed by atoms with Gasteiger partial charge in [-0.15, -0.1) is 0 Å². The lowest BCUT2D eigenvalue weighted by molar-refractivity contribution is 0.0919. The summed E-state index contributed by atoms with van der Waals surface area (Å²) in [4.78, 5) is 12.0. The van der Waals surface area contributed by atoms with Crippen molar-refractivity contribution in [3.63, 3.8) is 0 Å². The van der Waals surface area contributed by atoms with Gasteiger partial charge in [-0.1, -0.05) is 17.7 Å². The number of halogens is 2. The van der Waals surface area contributed by atoms with E-state index in [0.29, 0.717) is 0 Å². The molecule has 2 N–H and O–H groups in total. The van der Waals surface area contributed by atoms with Crippen LogP contribution >= 0.6 is 11.6 Å². The largest absolute Gasteiger partial charge is 0.348 e. The second-order valence-corrected chi connectivity index (χ2v) is 4.94. The van der Waals surface area contributed by atoms with Crippen LogP contribution in [0.2, 0.25) is 5.02 Å². The van der Waals surface area contributed by atoms with Crippen LogP contribution in [0.3, 0.4) is 0 Å². The molecule has 0 radical (unpaired) electrons. The zero-order valence-corrected chi connectivity index (χ0v) is 10.9. The van der Waals surface area contributed by atoms with Crippen LogP contribution in [0.4, 0.5) is 4.39 Å². The number of carbonyl (C=O) groups excluding carboxylic acids is 1. The number of piperidine rings is 1. The maximum Gasteiger partial charge on any atom is 0.253 e. The molecule has 2 atom stereocenters. The molecule has 1 aromatic carbocycles. The first kappa shape index (κ1) is 13.3. The normalized spacial score (nSPS) is 23.7. The van der Waals surface area contributed by atoms with E-state index in [4.69, 9.17) is 11.6 Å². The van der Waals surface area contributed by atoms with E-state index in [0.717, 1.165) is 19.4 Å². The summed E-state index contributed by atoms with van der Waals surface area (Å²) in [6, 6.07) is 4.53. The number of amides is 1. The molecule has 2 unspecified atom stereocenters. The molecular formula is C13H16ClFN2O. The predicted molar refractivity (Wildman–Crippen MR) is 69.4 cm³/mol. The zero-order valence-electron chi connectivity index (χ0n) is 10.2. The molecule has 1 amide bonds. The minimum Gasteiger partial charge on any atom is -0.348 e. The van der Waals surface area contributed by atoms with Crippen LogP contribution in [-0.2, 0) is 0 Å². The minimum atomic E-state index is -0.570. The van der Waals surface area contributed by atoms with Crippen molar-refractivity contribution in [1.29, 1.82) is 0 Å². The minimum absolute atomic E-state index is 0.0607. The number of nitrogens with one attached hydrogen (secondary N) is 2. The maximum absolute atomic E-state index is 13.3. The van der Waals surface area contributed by atoms with Crippen LogP contribution in [0.25, 0.3) is 0 Å². The van der Waals surface area contributed by atoms with E-state index < -0.39 is 5.82 Å². The fourth-order valence-corrected chi connectivity index (χ4v) is 2.38. The van der Waals surface area contributed by atoms with Gasteiger partial charge in [0.05, 0.1) is 10.6 Å². The van der Waals surface area contributed by atoms with Gasteiger partial charge >= 0.3 is 0 Å². The quantitative estimate of drug-likeness (QED) is 0.866. The van der Waals surface area contributed by atoms with Gasteiger partial charge in [-0.3, -0.25) is 4.79 Å². The van der Waals surface area contributed by atoms with Crippen LogP contribution in [0.1, 0.15) is 30.1 Å². The molecule has 1 aliphatic rings. The Hall–Kier alpha value is -1.13. The monoisotopic (exact) mass is 270 g/mol. The Kier molecular flexibility index (Phi) is 4.19. The molecule has 2 rings (SSSR count).